The summed E-state index contributed by atoms with van der Waals surface area (Å²) in [4.78, 5) is 13.3. The molecule has 2 aliphatic rings. The van der Waals surface area contributed by atoms with Crippen molar-refractivity contribution in [3.8, 4) is 0 Å². The minimum Gasteiger partial charge on any atom is -0.392 e. The molecule has 0 radical (unpaired) electrons. The van der Waals surface area contributed by atoms with E-state index in [4.69, 9.17) is 0 Å². The molecule has 0 aromatic carbocycles. The number of amides is 1. The molecule has 19 heavy (non-hydrogen) atoms. The summed E-state index contributed by atoms with van der Waals surface area (Å²) < 4.78 is 0. The molecule has 1 amide bonds. The van der Waals surface area contributed by atoms with Gasteiger partial charge in [-0.25, -0.2) is 0 Å². The number of nitrogens with zero attached hydrogens (tertiary/aromatic N) is 1. The molecule has 110 valence electrons. The van der Waals surface area contributed by atoms with Gasteiger partial charge >= 0.3 is 0 Å². The molecule has 1 heterocycles. The first-order valence-corrected chi connectivity index (χ1v) is 7.81. The minimum absolute atomic E-state index is 0.0692. The number of nitrogens with one attached hydrogen (secondary N) is 1. The van der Waals surface area contributed by atoms with Gasteiger partial charge in [-0.2, -0.15) is 0 Å². The van der Waals surface area contributed by atoms with Crippen LogP contribution in [0.25, 0.3) is 0 Å². The van der Waals surface area contributed by atoms with Gasteiger partial charge in [0.2, 0.25) is 5.91 Å². The zero-order valence-corrected chi connectivity index (χ0v) is 12.1. The van der Waals surface area contributed by atoms with Gasteiger partial charge in [0.15, 0.2) is 0 Å². The molecular weight excluding hydrogens is 240 g/mol. The maximum absolute atomic E-state index is 11.0. The molecule has 2 rings (SSSR count). The Balaban J connectivity index is 1.62. The van der Waals surface area contributed by atoms with Gasteiger partial charge in [-0.3, -0.25) is 4.79 Å². The number of piperidine rings is 1. The Morgan fingerprint density at radius 2 is 1.89 bits per heavy atom. The van der Waals surface area contributed by atoms with E-state index in [0.29, 0.717) is 6.04 Å². The summed E-state index contributed by atoms with van der Waals surface area (Å²) in [6.07, 6.45) is 8.14. The van der Waals surface area contributed by atoms with Gasteiger partial charge in [-0.15, -0.1) is 0 Å². The van der Waals surface area contributed by atoms with Crippen LogP contribution in [-0.4, -0.2) is 47.7 Å². The van der Waals surface area contributed by atoms with E-state index in [1.807, 2.05) is 0 Å². The van der Waals surface area contributed by atoms with Crippen molar-refractivity contribution in [3.05, 3.63) is 0 Å². The van der Waals surface area contributed by atoms with Gasteiger partial charge in [0.1, 0.15) is 0 Å². The molecule has 2 N–H and O–H groups in total. The van der Waals surface area contributed by atoms with Crippen molar-refractivity contribution < 1.29 is 9.90 Å². The van der Waals surface area contributed by atoms with Crippen molar-refractivity contribution in [1.82, 2.24) is 10.2 Å². The number of hydrogen-bond acceptors (Lipinski definition) is 3. The Kier molecular flexibility index (Phi) is 5.64. The zero-order valence-electron chi connectivity index (χ0n) is 12.1. The van der Waals surface area contributed by atoms with Gasteiger partial charge in [0.05, 0.1) is 6.10 Å². The normalized spacial score (nSPS) is 24.5. The predicted molar refractivity (Wildman–Crippen MR) is 75.9 cm³/mol. The van der Waals surface area contributed by atoms with Crippen molar-refractivity contribution >= 4 is 5.91 Å². The molecule has 2 fully saturated rings. The summed E-state index contributed by atoms with van der Waals surface area (Å²) in [6, 6.07) is 0.334. The Morgan fingerprint density at radius 1 is 1.26 bits per heavy atom. The first kappa shape index (κ1) is 14.8. The van der Waals surface area contributed by atoms with Crippen LogP contribution in [0.2, 0.25) is 0 Å². The van der Waals surface area contributed by atoms with Crippen LogP contribution in [0, 0.1) is 5.92 Å². The summed E-state index contributed by atoms with van der Waals surface area (Å²) in [5.74, 6) is 0.826. The summed E-state index contributed by atoms with van der Waals surface area (Å²) >= 11 is 0. The number of aliphatic hydroxyl groups is 1. The van der Waals surface area contributed by atoms with Crippen LogP contribution < -0.4 is 5.32 Å². The van der Waals surface area contributed by atoms with Crippen molar-refractivity contribution in [1.29, 1.82) is 0 Å². The van der Waals surface area contributed by atoms with E-state index in [0.717, 1.165) is 44.8 Å². The number of likely N-dealkylation sites (tertiary alicyclic amines) is 1. The lowest BCUT2D eigenvalue weighted by Gasteiger charge is -2.33. The van der Waals surface area contributed by atoms with Crippen molar-refractivity contribution in [3.63, 3.8) is 0 Å². The SMILES string of the molecule is CC(=O)NC1CCN(CC(O)CC2CCCC2)CC1. The zero-order chi connectivity index (χ0) is 13.7. The molecule has 1 saturated heterocycles. The Labute approximate surface area is 116 Å². The maximum Gasteiger partial charge on any atom is 0.217 e. The van der Waals surface area contributed by atoms with Crippen molar-refractivity contribution in [2.24, 2.45) is 5.92 Å². The van der Waals surface area contributed by atoms with Gasteiger partial charge in [0, 0.05) is 32.6 Å². The monoisotopic (exact) mass is 268 g/mol. The van der Waals surface area contributed by atoms with Crippen LogP contribution in [0.1, 0.15) is 51.9 Å². The molecule has 0 aromatic rings. The molecule has 1 atom stereocenters. The number of carbonyl (C=O) groups is 1. The third kappa shape index (κ3) is 5.11. The molecule has 1 unspecified atom stereocenters. The van der Waals surface area contributed by atoms with Crippen LogP contribution in [0.15, 0.2) is 0 Å². The fraction of sp³-hybridized carbons (Fsp3) is 0.933. The summed E-state index contributed by atoms with van der Waals surface area (Å²) in [5, 5.41) is 13.1. The fourth-order valence-corrected chi connectivity index (χ4v) is 3.55. The average Bonchev–Trinajstić information content (AvgIpc) is 2.83. The van der Waals surface area contributed by atoms with E-state index in [1.54, 1.807) is 6.92 Å². The van der Waals surface area contributed by atoms with Gasteiger partial charge < -0.3 is 15.3 Å². The highest BCUT2D eigenvalue weighted by Crippen LogP contribution is 2.28. The van der Waals surface area contributed by atoms with E-state index in [-0.39, 0.29) is 12.0 Å². The third-order valence-corrected chi connectivity index (χ3v) is 4.54. The van der Waals surface area contributed by atoms with Crippen molar-refractivity contribution in [2.75, 3.05) is 19.6 Å². The van der Waals surface area contributed by atoms with Crippen LogP contribution in [-0.2, 0) is 4.79 Å². The fourth-order valence-electron chi connectivity index (χ4n) is 3.55. The second-order valence-corrected chi connectivity index (χ2v) is 6.32. The average molecular weight is 268 g/mol. The highest BCUT2D eigenvalue weighted by Gasteiger charge is 2.23. The van der Waals surface area contributed by atoms with Gasteiger partial charge in [-0.05, 0) is 25.2 Å². The molecule has 0 aromatic heterocycles. The Morgan fingerprint density at radius 3 is 2.47 bits per heavy atom. The van der Waals surface area contributed by atoms with Gasteiger partial charge in [0.25, 0.3) is 0 Å². The largest absolute Gasteiger partial charge is 0.392 e. The molecule has 1 aliphatic heterocycles. The lowest BCUT2D eigenvalue weighted by atomic mass is 9.98. The molecule has 0 spiro atoms. The second-order valence-electron chi connectivity index (χ2n) is 6.32. The minimum atomic E-state index is -0.166. The highest BCUT2D eigenvalue weighted by molar-refractivity contribution is 5.73. The quantitative estimate of drug-likeness (QED) is 0.795. The third-order valence-electron chi connectivity index (χ3n) is 4.54. The standard InChI is InChI=1S/C15H28N2O2/c1-12(18)16-14-6-8-17(9-7-14)11-15(19)10-13-4-2-3-5-13/h13-15,19H,2-11H2,1H3,(H,16,18). The van der Waals surface area contributed by atoms with Crippen LogP contribution in [0.3, 0.4) is 0 Å². The lowest BCUT2D eigenvalue weighted by molar-refractivity contribution is -0.120. The maximum atomic E-state index is 11.0. The highest BCUT2D eigenvalue weighted by atomic mass is 16.3. The first-order valence-electron chi connectivity index (χ1n) is 7.81. The number of hydrogen-bond donors (Lipinski definition) is 2. The van der Waals surface area contributed by atoms with E-state index < -0.39 is 0 Å². The predicted octanol–water partition coefficient (Wildman–Crippen LogP) is 1.53. The van der Waals surface area contributed by atoms with Crippen LogP contribution in [0.5, 0.6) is 0 Å². The van der Waals surface area contributed by atoms with Crippen LogP contribution in [0.4, 0.5) is 0 Å². The Bertz CT molecular complexity index is 282. The number of carbonyl (C=O) groups excluding carboxylic acids is 1. The molecule has 4 heteroatoms. The van der Waals surface area contributed by atoms with Gasteiger partial charge in [-0.1, -0.05) is 25.7 Å². The molecule has 1 saturated carbocycles. The van der Waals surface area contributed by atoms with Crippen LogP contribution >= 0.6 is 0 Å². The summed E-state index contributed by atoms with van der Waals surface area (Å²) in [5.41, 5.74) is 0. The lowest BCUT2D eigenvalue weighted by Crippen LogP contribution is -2.46. The molecule has 1 aliphatic carbocycles. The van der Waals surface area contributed by atoms with E-state index in [2.05, 4.69) is 10.2 Å². The first-order chi connectivity index (χ1) is 9.13. The molecule has 4 nitrogen and oxygen atoms in total. The van der Waals surface area contributed by atoms with E-state index >= 15 is 0 Å². The van der Waals surface area contributed by atoms with E-state index in [9.17, 15) is 9.90 Å². The van der Waals surface area contributed by atoms with E-state index in [1.165, 1.54) is 25.7 Å². The number of β-amino-alcohol motifs (C(OH)–C–C–N with tert-alkyl or cyclic N) is 1. The topological polar surface area (TPSA) is 52.6 Å². The Hall–Kier alpha value is -0.610. The van der Waals surface area contributed by atoms with Crippen molar-refractivity contribution in [2.45, 2.75) is 64.0 Å². The second kappa shape index (κ2) is 7.25. The molecule has 0 bridgehead atoms. The summed E-state index contributed by atoms with van der Waals surface area (Å²) in [7, 11) is 0. The number of rotatable bonds is 5. The summed E-state index contributed by atoms with van der Waals surface area (Å²) in [6.45, 7) is 4.38. The molecular formula is C15H28N2O2. The smallest absolute Gasteiger partial charge is 0.217 e. The number of aliphatic hydroxyl groups excluding tert-OH is 1.